The zero-order valence-electron chi connectivity index (χ0n) is 15.4. The van der Waals surface area contributed by atoms with Gasteiger partial charge in [0.25, 0.3) is 0 Å². The van der Waals surface area contributed by atoms with E-state index in [0.717, 1.165) is 16.5 Å². The highest BCUT2D eigenvalue weighted by molar-refractivity contribution is 8.21. The van der Waals surface area contributed by atoms with Gasteiger partial charge in [0.15, 0.2) is 5.78 Å². The van der Waals surface area contributed by atoms with Gasteiger partial charge < -0.3 is 14.2 Å². The minimum absolute atomic E-state index is 0.0958. The highest BCUT2D eigenvalue weighted by atomic mass is 35.7. The van der Waals surface area contributed by atoms with Crippen LogP contribution in [0.3, 0.4) is 0 Å². The molecular formula is C21H16ClNO5S. The molecule has 4 rings (SSSR count). The first kappa shape index (κ1) is 19.5. The zero-order valence-corrected chi connectivity index (χ0v) is 17.0. The molecule has 0 aromatic heterocycles. The average molecular weight is 430 g/mol. The molecule has 2 aromatic rings. The molecule has 2 heterocycles. The van der Waals surface area contributed by atoms with E-state index in [-0.39, 0.29) is 23.8 Å². The van der Waals surface area contributed by atoms with Crippen LogP contribution in [0.25, 0.3) is 0 Å². The number of ketones is 1. The van der Waals surface area contributed by atoms with Crippen LogP contribution in [0.15, 0.2) is 64.1 Å². The van der Waals surface area contributed by atoms with Gasteiger partial charge in [-0.2, -0.15) is 0 Å². The Morgan fingerprint density at radius 3 is 2.76 bits per heavy atom. The Bertz CT molecular complexity index is 1030. The standard InChI is InChI=1S/C21H16ClNO5S/c1-26-16-9-10-17(29-22)19-18(16)15(24)11-13(27-19)7-8-14-21(25)28-20(23-14)12-5-3-2-4-6-12/h2-6,8-10,13H,7,11H2,1H3. The number of fused-ring (bicyclic) bond motifs is 1. The van der Waals surface area contributed by atoms with E-state index < -0.39 is 12.1 Å². The SMILES string of the molecule is COc1ccc(SCl)c2c1C(=O)CC(CC=C1N=C(c3ccccc3)OC1=O)O2. The summed E-state index contributed by atoms with van der Waals surface area (Å²) in [7, 11) is 8.40. The summed E-state index contributed by atoms with van der Waals surface area (Å²) in [5.41, 5.74) is 1.31. The molecular weight excluding hydrogens is 414 g/mol. The number of cyclic esters (lactones) is 1. The average Bonchev–Trinajstić information content (AvgIpc) is 3.12. The van der Waals surface area contributed by atoms with Crippen molar-refractivity contribution in [2.45, 2.75) is 23.8 Å². The Kier molecular flexibility index (Phi) is 5.60. The molecule has 2 aromatic carbocycles. The lowest BCUT2D eigenvalue weighted by Gasteiger charge is -2.27. The van der Waals surface area contributed by atoms with Crippen molar-refractivity contribution in [3.63, 3.8) is 0 Å². The van der Waals surface area contributed by atoms with Crippen molar-refractivity contribution in [1.82, 2.24) is 0 Å². The Balaban J connectivity index is 1.55. The number of carbonyl (C=O) groups excluding carboxylic acids is 2. The summed E-state index contributed by atoms with van der Waals surface area (Å²) in [5, 5.41) is 0. The molecule has 29 heavy (non-hydrogen) atoms. The summed E-state index contributed by atoms with van der Waals surface area (Å²) < 4.78 is 16.5. The molecule has 1 atom stereocenters. The third-order valence-corrected chi connectivity index (χ3v) is 5.56. The number of rotatable bonds is 5. The van der Waals surface area contributed by atoms with E-state index in [0.29, 0.717) is 28.4 Å². The molecule has 0 fully saturated rings. The Labute approximate surface area is 176 Å². The first-order valence-corrected chi connectivity index (χ1v) is 10.5. The predicted molar refractivity (Wildman–Crippen MR) is 110 cm³/mol. The summed E-state index contributed by atoms with van der Waals surface area (Å²) in [6.45, 7) is 0. The first-order chi connectivity index (χ1) is 14.1. The molecule has 0 aliphatic carbocycles. The van der Waals surface area contributed by atoms with Gasteiger partial charge in [-0.05, 0) is 52.0 Å². The number of Topliss-reactive ketones (excluding diaryl/α,β-unsaturated/α-hetero) is 1. The van der Waals surface area contributed by atoms with Crippen LogP contribution in [0.1, 0.15) is 28.8 Å². The number of esters is 1. The molecule has 1 unspecified atom stereocenters. The van der Waals surface area contributed by atoms with E-state index in [4.69, 9.17) is 24.9 Å². The number of hydrogen-bond acceptors (Lipinski definition) is 7. The van der Waals surface area contributed by atoms with Crippen LogP contribution in [0, 0.1) is 0 Å². The van der Waals surface area contributed by atoms with E-state index in [9.17, 15) is 9.59 Å². The number of ether oxygens (including phenoxy) is 3. The predicted octanol–water partition coefficient (Wildman–Crippen LogP) is 4.55. The number of hydrogen-bond donors (Lipinski definition) is 0. The van der Waals surface area contributed by atoms with Gasteiger partial charge in [-0.15, -0.1) is 0 Å². The molecule has 2 aliphatic rings. The number of aliphatic imine (C=N–C) groups is 1. The molecule has 148 valence electrons. The van der Waals surface area contributed by atoms with E-state index in [1.165, 1.54) is 7.11 Å². The monoisotopic (exact) mass is 429 g/mol. The number of benzene rings is 2. The highest BCUT2D eigenvalue weighted by Crippen LogP contribution is 2.43. The van der Waals surface area contributed by atoms with E-state index in [2.05, 4.69) is 4.99 Å². The summed E-state index contributed by atoms with van der Waals surface area (Å²) in [5.74, 6) is 0.504. The molecule has 0 N–H and O–H groups in total. The van der Waals surface area contributed by atoms with Crippen molar-refractivity contribution in [2.24, 2.45) is 4.99 Å². The van der Waals surface area contributed by atoms with Crippen molar-refractivity contribution >= 4 is 39.3 Å². The summed E-state index contributed by atoms with van der Waals surface area (Å²) in [6, 6.07) is 12.6. The number of methoxy groups -OCH3 is 1. The third kappa shape index (κ3) is 3.88. The number of carbonyl (C=O) groups is 2. The molecule has 0 bridgehead atoms. The summed E-state index contributed by atoms with van der Waals surface area (Å²) in [6.07, 6.45) is 1.68. The van der Waals surface area contributed by atoms with Gasteiger partial charge >= 0.3 is 5.97 Å². The molecule has 0 amide bonds. The van der Waals surface area contributed by atoms with E-state index in [1.54, 1.807) is 18.2 Å². The highest BCUT2D eigenvalue weighted by Gasteiger charge is 2.32. The fourth-order valence-corrected chi connectivity index (χ4v) is 3.90. The largest absolute Gasteiger partial charge is 0.496 e. The van der Waals surface area contributed by atoms with Crippen molar-refractivity contribution < 1.29 is 23.8 Å². The van der Waals surface area contributed by atoms with Gasteiger partial charge in [0.05, 0.1) is 12.0 Å². The van der Waals surface area contributed by atoms with Gasteiger partial charge in [0.1, 0.15) is 28.9 Å². The van der Waals surface area contributed by atoms with Crippen LogP contribution >= 0.6 is 21.7 Å². The normalized spacial score (nSPS) is 19.4. The van der Waals surface area contributed by atoms with Gasteiger partial charge in [0.2, 0.25) is 5.90 Å². The maximum atomic E-state index is 12.7. The second-order valence-corrected chi connectivity index (χ2v) is 7.47. The minimum Gasteiger partial charge on any atom is -0.496 e. The molecule has 0 saturated carbocycles. The molecule has 0 radical (unpaired) electrons. The summed E-state index contributed by atoms with van der Waals surface area (Å²) in [4.78, 5) is 29.7. The van der Waals surface area contributed by atoms with Gasteiger partial charge in [0, 0.05) is 18.4 Å². The Morgan fingerprint density at radius 2 is 2.03 bits per heavy atom. The minimum atomic E-state index is -0.523. The maximum absolute atomic E-state index is 12.7. The lowest BCUT2D eigenvalue weighted by molar-refractivity contribution is -0.130. The van der Waals surface area contributed by atoms with Crippen molar-refractivity contribution in [3.8, 4) is 11.5 Å². The Morgan fingerprint density at radius 1 is 1.24 bits per heavy atom. The van der Waals surface area contributed by atoms with Crippen LogP contribution in [0.2, 0.25) is 0 Å². The molecule has 2 aliphatic heterocycles. The van der Waals surface area contributed by atoms with Crippen molar-refractivity contribution in [2.75, 3.05) is 7.11 Å². The second kappa shape index (κ2) is 8.31. The van der Waals surface area contributed by atoms with Crippen molar-refractivity contribution in [1.29, 1.82) is 0 Å². The van der Waals surface area contributed by atoms with Crippen LogP contribution in [0.4, 0.5) is 0 Å². The Hall–Kier alpha value is -2.77. The molecule has 0 saturated heterocycles. The third-order valence-electron chi connectivity index (χ3n) is 4.58. The first-order valence-electron chi connectivity index (χ1n) is 8.86. The van der Waals surface area contributed by atoms with Crippen LogP contribution in [-0.4, -0.2) is 30.9 Å². The lowest BCUT2D eigenvalue weighted by Crippen LogP contribution is -2.27. The second-order valence-electron chi connectivity index (χ2n) is 6.41. The zero-order chi connectivity index (χ0) is 20.4. The smallest absolute Gasteiger partial charge is 0.363 e. The van der Waals surface area contributed by atoms with Gasteiger partial charge in [-0.25, -0.2) is 9.79 Å². The van der Waals surface area contributed by atoms with Crippen LogP contribution in [-0.2, 0) is 9.53 Å². The van der Waals surface area contributed by atoms with Crippen LogP contribution in [0.5, 0.6) is 11.5 Å². The molecule has 8 heteroatoms. The molecule has 0 spiro atoms. The van der Waals surface area contributed by atoms with E-state index in [1.807, 2.05) is 30.3 Å². The van der Waals surface area contributed by atoms with Crippen molar-refractivity contribution in [3.05, 3.63) is 65.4 Å². The lowest BCUT2D eigenvalue weighted by atomic mass is 9.98. The fourth-order valence-electron chi connectivity index (χ4n) is 3.20. The van der Waals surface area contributed by atoms with Gasteiger partial charge in [-0.1, -0.05) is 18.2 Å². The van der Waals surface area contributed by atoms with Gasteiger partial charge in [-0.3, -0.25) is 4.79 Å². The van der Waals surface area contributed by atoms with Crippen LogP contribution < -0.4 is 9.47 Å². The fraction of sp³-hybridized carbons (Fsp3) is 0.190. The quantitative estimate of drug-likeness (QED) is 0.512. The summed E-state index contributed by atoms with van der Waals surface area (Å²) >= 11 is 0. The number of halogens is 1. The maximum Gasteiger partial charge on any atom is 0.363 e. The van der Waals surface area contributed by atoms with E-state index >= 15 is 0 Å². The topological polar surface area (TPSA) is 74.2 Å². The number of nitrogens with zero attached hydrogens (tertiary/aromatic N) is 1. The molecule has 6 nitrogen and oxygen atoms in total.